The van der Waals surface area contributed by atoms with E-state index in [1.54, 1.807) is 25.3 Å². The summed E-state index contributed by atoms with van der Waals surface area (Å²) in [5.74, 6) is 1.33. The van der Waals surface area contributed by atoms with Crippen molar-refractivity contribution in [1.29, 1.82) is 0 Å². The zero-order valence-electron chi connectivity index (χ0n) is 17.7. The summed E-state index contributed by atoms with van der Waals surface area (Å²) in [5, 5.41) is 0.458. The number of allylic oxidation sites excluding steroid dienone is 1. The molecule has 0 amide bonds. The predicted octanol–water partition coefficient (Wildman–Crippen LogP) is 3.82. The first-order valence-corrected chi connectivity index (χ1v) is 10.9. The van der Waals surface area contributed by atoms with E-state index >= 15 is 0 Å². The number of anilines is 1. The molecule has 2 aromatic carbocycles. The molecule has 1 fully saturated rings. The van der Waals surface area contributed by atoms with Crippen molar-refractivity contribution in [1.82, 2.24) is 4.90 Å². The maximum absolute atomic E-state index is 12.5. The van der Waals surface area contributed by atoms with Gasteiger partial charge in [-0.1, -0.05) is 23.7 Å². The Balaban J connectivity index is 1.45. The van der Waals surface area contributed by atoms with Gasteiger partial charge in [-0.2, -0.15) is 0 Å². The minimum Gasteiger partial charge on any atom is -0.493 e. The number of hydrogen-bond donors (Lipinski definition) is 0. The number of carbonyl (C=O) groups is 1. The number of nitrogens with zero attached hydrogens (tertiary/aromatic N) is 2. The highest BCUT2D eigenvalue weighted by molar-refractivity contribution is 6.34. The first-order valence-electron chi connectivity index (χ1n) is 10.5. The molecule has 0 bridgehead atoms. The Hall–Kier alpha value is -2.54. The minimum absolute atomic E-state index is 0.116. The van der Waals surface area contributed by atoms with Crippen LogP contribution >= 0.6 is 11.6 Å². The van der Waals surface area contributed by atoms with E-state index in [2.05, 4.69) is 9.80 Å². The number of carbonyl (C=O) groups excluding carboxylic acids is 1. The Bertz CT molecular complexity index is 957. The van der Waals surface area contributed by atoms with Gasteiger partial charge in [-0.3, -0.25) is 9.69 Å². The molecule has 2 aliphatic heterocycles. The lowest BCUT2D eigenvalue weighted by Crippen LogP contribution is -2.38. The fourth-order valence-corrected chi connectivity index (χ4v) is 4.09. The summed E-state index contributed by atoms with van der Waals surface area (Å²) in [6.45, 7) is 5.63. The van der Waals surface area contributed by atoms with Crippen molar-refractivity contribution in [2.24, 2.45) is 0 Å². The molecule has 0 unspecified atom stereocenters. The molecule has 2 heterocycles. The molecule has 0 spiro atoms. The van der Waals surface area contributed by atoms with Crippen LogP contribution in [0.5, 0.6) is 11.5 Å². The van der Waals surface area contributed by atoms with E-state index in [1.165, 1.54) is 5.56 Å². The highest BCUT2D eigenvalue weighted by atomic mass is 35.5. The van der Waals surface area contributed by atoms with Crippen molar-refractivity contribution >= 4 is 23.1 Å². The van der Waals surface area contributed by atoms with Gasteiger partial charge in [0.2, 0.25) is 0 Å². The number of ether oxygens (including phenoxy) is 3. The molecule has 6 nitrogen and oxygen atoms in total. The van der Waals surface area contributed by atoms with Crippen LogP contribution in [-0.4, -0.2) is 63.8 Å². The van der Waals surface area contributed by atoms with Gasteiger partial charge in [-0.15, -0.1) is 0 Å². The van der Waals surface area contributed by atoms with Crippen LogP contribution in [-0.2, 0) is 11.2 Å². The van der Waals surface area contributed by atoms with Crippen molar-refractivity contribution in [3.8, 4) is 11.5 Å². The number of morpholine rings is 1. The fourth-order valence-electron chi connectivity index (χ4n) is 3.87. The smallest absolute Gasteiger partial charge is 0.188 e. The van der Waals surface area contributed by atoms with Crippen LogP contribution in [0.15, 0.2) is 48.7 Å². The van der Waals surface area contributed by atoms with Crippen molar-refractivity contribution in [3.05, 3.63) is 64.8 Å². The van der Waals surface area contributed by atoms with E-state index in [1.807, 2.05) is 30.5 Å². The minimum atomic E-state index is -0.116. The van der Waals surface area contributed by atoms with Gasteiger partial charge < -0.3 is 19.1 Å². The third kappa shape index (κ3) is 5.21. The number of fused-ring (bicyclic) bond motifs is 1. The van der Waals surface area contributed by atoms with E-state index in [4.69, 9.17) is 25.8 Å². The summed E-state index contributed by atoms with van der Waals surface area (Å²) in [4.78, 5) is 16.9. The summed E-state index contributed by atoms with van der Waals surface area (Å²) in [6, 6.07) is 11.1. The second-order valence-corrected chi connectivity index (χ2v) is 7.94. The molecule has 0 N–H and O–H groups in total. The predicted molar refractivity (Wildman–Crippen MR) is 122 cm³/mol. The van der Waals surface area contributed by atoms with E-state index in [9.17, 15) is 4.79 Å². The van der Waals surface area contributed by atoms with Crippen LogP contribution < -0.4 is 14.4 Å². The Kier molecular flexibility index (Phi) is 7.12. The van der Waals surface area contributed by atoms with Crippen molar-refractivity contribution in [3.63, 3.8) is 0 Å². The van der Waals surface area contributed by atoms with E-state index < -0.39 is 0 Å². The monoisotopic (exact) mass is 442 g/mol. The molecule has 0 aromatic heterocycles. The van der Waals surface area contributed by atoms with Crippen LogP contribution in [0.25, 0.3) is 0 Å². The maximum atomic E-state index is 12.5. The van der Waals surface area contributed by atoms with Crippen LogP contribution in [0.1, 0.15) is 15.9 Å². The zero-order chi connectivity index (χ0) is 21.6. The Morgan fingerprint density at radius 3 is 2.74 bits per heavy atom. The van der Waals surface area contributed by atoms with Crippen molar-refractivity contribution < 1.29 is 19.0 Å². The molecule has 164 valence electrons. The number of ketones is 1. The van der Waals surface area contributed by atoms with Gasteiger partial charge in [0.1, 0.15) is 6.61 Å². The van der Waals surface area contributed by atoms with E-state index in [0.29, 0.717) is 22.9 Å². The average molecular weight is 443 g/mol. The van der Waals surface area contributed by atoms with Gasteiger partial charge in [0.25, 0.3) is 0 Å². The SMILES string of the molecule is COc1cc2c(cc1OCCN1CCOCC1)N(/C=C/C(=O)c1ccccc1Cl)CC2. The molecule has 2 aliphatic rings. The number of methoxy groups -OCH3 is 1. The van der Waals surface area contributed by atoms with Gasteiger partial charge in [-0.25, -0.2) is 0 Å². The second-order valence-electron chi connectivity index (χ2n) is 7.54. The Morgan fingerprint density at radius 1 is 1.16 bits per heavy atom. The van der Waals surface area contributed by atoms with Gasteiger partial charge >= 0.3 is 0 Å². The van der Waals surface area contributed by atoms with E-state index in [0.717, 1.165) is 57.3 Å². The number of halogens is 1. The lowest BCUT2D eigenvalue weighted by molar-refractivity contribution is 0.0321. The Labute approximate surface area is 187 Å². The number of hydrogen-bond acceptors (Lipinski definition) is 6. The summed E-state index contributed by atoms with van der Waals surface area (Å²) >= 11 is 6.15. The van der Waals surface area contributed by atoms with Crippen LogP contribution in [0.4, 0.5) is 5.69 Å². The largest absolute Gasteiger partial charge is 0.493 e. The summed E-state index contributed by atoms with van der Waals surface area (Å²) in [7, 11) is 1.66. The summed E-state index contributed by atoms with van der Waals surface area (Å²) < 4.78 is 17.0. The highest BCUT2D eigenvalue weighted by Crippen LogP contribution is 2.39. The number of benzene rings is 2. The zero-order valence-corrected chi connectivity index (χ0v) is 18.4. The van der Waals surface area contributed by atoms with Crippen molar-refractivity contribution in [2.45, 2.75) is 6.42 Å². The summed E-state index contributed by atoms with van der Waals surface area (Å²) in [6.07, 6.45) is 4.27. The fraction of sp³-hybridized carbons (Fsp3) is 0.375. The normalized spacial score (nSPS) is 16.5. The molecule has 31 heavy (non-hydrogen) atoms. The molecule has 0 aliphatic carbocycles. The van der Waals surface area contributed by atoms with Crippen LogP contribution in [0, 0.1) is 0 Å². The van der Waals surface area contributed by atoms with E-state index in [-0.39, 0.29) is 5.78 Å². The van der Waals surface area contributed by atoms with Crippen molar-refractivity contribution in [2.75, 3.05) is 58.0 Å². The maximum Gasteiger partial charge on any atom is 0.188 e. The second kappa shape index (κ2) is 10.2. The van der Waals surface area contributed by atoms with Gasteiger partial charge in [-0.05, 0) is 30.2 Å². The van der Waals surface area contributed by atoms with Gasteiger partial charge in [0.15, 0.2) is 17.3 Å². The number of rotatable bonds is 8. The molecular weight excluding hydrogens is 416 g/mol. The molecule has 1 saturated heterocycles. The lowest BCUT2D eigenvalue weighted by atomic mass is 10.1. The van der Waals surface area contributed by atoms with Crippen LogP contribution in [0.2, 0.25) is 5.02 Å². The third-order valence-corrected chi connectivity index (χ3v) is 5.94. The average Bonchev–Trinajstić information content (AvgIpc) is 3.19. The molecule has 0 atom stereocenters. The molecular formula is C24H27ClN2O4. The summed E-state index contributed by atoms with van der Waals surface area (Å²) in [5.41, 5.74) is 2.71. The third-order valence-electron chi connectivity index (χ3n) is 5.61. The van der Waals surface area contributed by atoms with Crippen LogP contribution in [0.3, 0.4) is 0 Å². The first-order chi connectivity index (χ1) is 15.2. The molecule has 7 heteroatoms. The standard InChI is InChI=1S/C24H27ClN2O4/c1-29-23-16-18-6-8-27(9-7-22(28)19-4-2-3-5-20(19)25)21(18)17-24(23)31-15-12-26-10-13-30-14-11-26/h2-5,7,9,16-17H,6,8,10-15H2,1H3/b9-7+. The highest BCUT2D eigenvalue weighted by Gasteiger charge is 2.22. The first kappa shape index (κ1) is 21.7. The Morgan fingerprint density at radius 2 is 1.97 bits per heavy atom. The van der Waals surface area contributed by atoms with Gasteiger partial charge in [0, 0.05) is 55.8 Å². The molecule has 0 saturated carbocycles. The van der Waals surface area contributed by atoms with Gasteiger partial charge in [0.05, 0.1) is 25.3 Å². The lowest BCUT2D eigenvalue weighted by Gasteiger charge is -2.26. The quantitative estimate of drug-likeness (QED) is 0.457. The molecule has 4 rings (SSSR count). The molecule has 2 aromatic rings. The topological polar surface area (TPSA) is 51.2 Å². The molecule has 0 radical (unpaired) electrons.